The van der Waals surface area contributed by atoms with E-state index in [4.69, 9.17) is 4.74 Å². The quantitative estimate of drug-likeness (QED) is 0.755. The van der Waals surface area contributed by atoms with Crippen LogP contribution in [-0.4, -0.2) is 45.0 Å². The van der Waals surface area contributed by atoms with Crippen molar-refractivity contribution in [2.75, 3.05) is 19.7 Å². The van der Waals surface area contributed by atoms with E-state index in [0.717, 1.165) is 11.3 Å². The molecule has 4 rings (SSSR count). The highest BCUT2D eigenvalue weighted by molar-refractivity contribution is 5.94. The molecular weight excluding hydrogens is 342 g/mol. The van der Waals surface area contributed by atoms with Gasteiger partial charge in [0.05, 0.1) is 5.69 Å². The highest BCUT2D eigenvalue weighted by Crippen LogP contribution is 2.25. The van der Waals surface area contributed by atoms with Crippen molar-refractivity contribution in [3.8, 4) is 5.75 Å². The number of hydrogen-bond acceptors (Lipinski definition) is 4. The number of amides is 1. The average molecular weight is 365 g/mol. The Kier molecular flexibility index (Phi) is 4.81. The number of aromatic nitrogens is 2. The summed E-state index contributed by atoms with van der Waals surface area (Å²) in [6.45, 7) is 3.81. The van der Waals surface area contributed by atoms with Gasteiger partial charge < -0.3 is 19.1 Å². The monoisotopic (exact) mass is 365 g/mol. The molecule has 0 radical (unpaired) electrons. The zero-order chi connectivity index (χ0) is 18.8. The minimum absolute atomic E-state index is 0.0176. The van der Waals surface area contributed by atoms with Gasteiger partial charge in [-0.2, -0.15) is 0 Å². The second-order valence-electron chi connectivity index (χ2n) is 7.14. The molecule has 0 saturated carbocycles. The number of carbonyl (C=O) groups excluding carboxylic acids is 1. The van der Waals surface area contributed by atoms with E-state index >= 15 is 0 Å². The molecule has 0 aliphatic carbocycles. The smallest absolute Gasteiger partial charge is 0.254 e. The van der Waals surface area contributed by atoms with Crippen molar-refractivity contribution in [3.05, 3.63) is 66.1 Å². The fourth-order valence-electron chi connectivity index (χ4n) is 3.55. The number of likely N-dealkylation sites (tertiary alicyclic amines) is 1. The Morgan fingerprint density at radius 2 is 2.15 bits per heavy atom. The van der Waals surface area contributed by atoms with Crippen LogP contribution in [0, 0.1) is 11.8 Å². The summed E-state index contributed by atoms with van der Waals surface area (Å²) in [5.74, 6) is 1.09. The summed E-state index contributed by atoms with van der Waals surface area (Å²) in [5.41, 5.74) is 2.31. The standard InChI is InChI=1S/C21H23N3O3/c1-15-10-24(11-17(15)13-25)21(26)16-5-4-6-19(9-16)27-14-18-12-23-8-3-2-7-20(23)22-18/h2-9,12,15,17,25H,10-11,13-14H2,1H3/t15-,17+/m1/s1. The molecule has 0 unspecified atom stereocenters. The van der Waals surface area contributed by atoms with Gasteiger partial charge in [0, 0.05) is 43.6 Å². The summed E-state index contributed by atoms with van der Waals surface area (Å²) in [6, 6.07) is 13.1. The van der Waals surface area contributed by atoms with Crippen LogP contribution >= 0.6 is 0 Å². The normalized spacial score (nSPS) is 19.6. The Bertz CT molecular complexity index is 920. The Morgan fingerprint density at radius 1 is 1.26 bits per heavy atom. The van der Waals surface area contributed by atoms with Crippen molar-refractivity contribution in [3.63, 3.8) is 0 Å². The molecule has 2 aromatic heterocycles. The second kappa shape index (κ2) is 7.40. The van der Waals surface area contributed by atoms with E-state index in [-0.39, 0.29) is 18.4 Å². The maximum atomic E-state index is 12.8. The number of imidazole rings is 1. The molecule has 3 aromatic rings. The first-order valence-electron chi connectivity index (χ1n) is 9.19. The number of aliphatic hydroxyl groups is 1. The summed E-state index contributed by atoms with van der Waals surface area (Å²) >= 11 is 0. The summed E-state index contributed by atoms with van der Waals surface area (Å²) < 4.78 is 7.80. The predicted molar refractivity (Wildman–Crippen MR) is 102 cm³/mol. The van der Waals surface area contributed by atoms with Gasteiger partial charge in [-0.3, -0.25) is 4.79 Å². The molecule has 1 amide bonds. The third kappa shape index (κ3) is 3.66. The van der Waals surface area contributed by atoms with Gasteiger partial charge in [0.25, 0.3) is 5.91 Å². The lowest BCUT2D eigenvalue weighted by Crippen LogP contribution is -2.29. The number of ether oxygens (including phenoxy) is 1. The van der Waals surface area contributed by atoms with Crippen LogP contribution < -0.4 is 4.74 Å². The molecule has 6 nitrogen and oxygen atoms in total. The zero-order valence-electron chi connectivity index (χ0n) is 15.3. The van der Waals surface area contributed by atoms with Crippen LogP contribution in [0.3, 0.4) is 0 Å². The van der Waals surface area contributed by atoms with Crippen molar-refractivity contribution in [2.24, 2.45) is 11.8 Å². The number of aliphatic hydroxyl groups excluding tert-OH is 1. The molecule has 6 heteroatoms. The Balaban J connectivity index is 1.43. The van der Waals surface area contributed by atoms with Crippen LogP contribution in [0.15, 0.2) is 54.9 Å². The van der Waals surface area contributed by atoms with Gasteiger partial charge in [-0.1, -0.05) is 19.1 Å². The number of fused-ring (bicyclic) bond motifs is 1. The van der Waals surface area contributed by atoms with E-state index < -0.39 is 0 Å². The molecule has 1 saturated heterocycles. The van der Waals surface area contributed by atoms with Crippen molar-refractivity contribution in [1.82, 2.24) is 14.3 Å². The average Bonchev–Trinajstić information content (AvgIpc) is 3.28. The topological polar surface area (TPSA) is 67.1 Å². The highest BCUT2D eigenvalue weighted by Gasteiger charge is 2.32. The molecular formula is C21H23N3O3. The number of carbonyl (C=O) groups is 1. The summed E-state index contributed by atoms with van der Waals surface area (Å²) in [5, 5.41) is 9.42. The van der Waals surface area contributed by atoms with Crippen molar-refractivity contribution in [2.45, 2.75) is 13.5 Å². The maximum absolute atomic E-state index is 12.8. The molecule has 3 heterocycles. The molecule has 1 aromatic carbocycles. The van der Waals surface area contributed by atoms with Crippen LogP contribution in [0.1, 0.15) is 23.0 Å². The Hall–Kier alpha value is -2.86. The number of hydrogen-bond donors (Lipinski definition) is 1. The van der Waals surface area contributed by atoms with Crippen molar-refractivity contribution in [1.29, 1.82) is 0 Å². The fourth-order valence-corrected chi connectivity index (χ4v) is 3.55. The Morgan fingerprint density at radius 3 is 2.93 bits per heavy atom. The first kappa shape index (κ1) is 17.5. The SMILES string of the molecule is C[C@@H]1CN(C(=O)c2cccc(OCc3cn4ccccc4n3)c2)C[C@H]1CO. The minimum atomic E-state index is -0.0176. The van der Waals surface area contributed by atoms with Gasteiger partial charge in [-0.25, -0.2) is 4.98 Å². The first-order valence-corrected chi connectivity index (χ1v) is 9.19. The van der Waals surface area contributed by atoms with E-state index in [1.165, 1.54) is 0 Å². The van der Waals surface area contributed by atoms with Crippen LogP contribution in [-0.2, 0) is 6.61 Å². The van der Waals surface area contributed by atoms with Crippen molar-refractivity contribution >= 4 is 11.6 Å². The number of benzene rings is 1. The van der Waals surface area contributed by atoms with E-state index in [1.807, 2.05) is 52.0 Å². The van der Waals surface area contributed by atoms with Gasteiger partial charge in [0.15, 0.2) is 0 Å². The molecule has 27 heavy (non-hydrogen) atoms. The maximum Gasteiger partial charge on any atom is 0.254 e. The van der Waals surface area contributed by atoms with Crippen LogP contribution in [0.2, 0.25) is 0 Å². The van der Waals surface area contributed by atoms with E-state index in [2.05, 4.69) is 11.9 Å². The van der Waals surface area contributed by atoms with Gasteiger partial charge in [-0.15, -0.1) is 0 Å². The van der Waals surface area contributed by atoms with E-state index in [1.54, 1.807) is 12.1 Å². The number of rotatable bonds is 5. The number of nitrogens with zero attached hydrogens (tertiary/aromatic N) is 3. The molecule has 0 bridgehead atoms. The van der Waals surface area contributed by atoms with E-state index in [9.17, 15) is 9.90 Å². The molecule has 1 aliphatic rings. The third-order valence-corrected chi connectivity index (χ3v) is 5.17. The fraction of sp³-hybridized carbons (Fsp3) is 0.333. The second-order valence-corrected chi connectivity index (χ2v) is 7.14. The van der Waals surface area contributed by atoms with Crippen LogP contribution in [0.4, 0.5) is 0 Å². The van der Waals surface area contributed by atoms with Crippen LogP contribution in [0.5, 0.6) is 5.75 Å². The molecule has 1 aliphatic heterocycles. The Labute approximate surface area is 158 Å². The lowest BCUT2D eigenvalue weighted by atomic mass is 10.00. The van der Waals surface area contributed by atoms with E-state index in [0.29, 0.717) is 36.9 Å². The van der Waals surface area contributed by atoms with Crippen LogP contribution in [0.25, 0.3) is 5.65 Å². The van der Waals surface area contributed by atoms with Gasteiger partial charge in [-0.05, 0) is 36.2 Å². The molecule has 0 spiro atoms. The lowest BCUT2D eigenvalue weighted by molar-refractivity contribution is 0.0780. The third-order valence-electron chi connectivity index (χ3n) is 5.17. The van der Waals surface area contributed by atoms with Crippen molar-refractivity contribution < 1.29 is 14.6 Å². The van der Waals surface area contributed by atoms with Gasteiger partial charge >= 0.3 is 0 Å². The molecule has 2 atom stereocenters. The predicted octanol–water partition coefficient (Wildman–Crippen LogP) is 2.61. The highest BCUT2D eigenvalue weighted by atomic mass is 16.5. The lowest BCUT2D eigenvalue weighted by Gasteiger charge is -2.16. The zero-order valence-corrected chi connectivity index (χ0v) is 15.3. The largest absolute Gasteiger partial charge is 0.487 e. The van der Waals surface area contributed by atoms with Gasteiger partial charge in [0.1, 0.15) is 18.0 Å². The first-order chi connectivity index (χ1) is 13.1. The molecule has 140 valence electrons. The summed E-state index contributed by atoms with van der Waals surface area (Å²) in [6.07, 6.45) is 3.88. The van der Waals surface area contributed by atoms with Gasteiger partial charge in [0.2, 0.25) is 0 Å². The minimum Gasteiger partial charge on any atom is -0.487 e. The molecule has 1 fully saturated rings. The number of pyridine rings is 1. The summed E-state index contributed by atoms with van der Waals surface area (Å²) in [7, 11) is 0. The summed E-state index contributed by atoms with van der Waals surface area (Å²) in [4.78, 5) is 19.1. The molecule has 1 N–H and O–H groups in total.